The van der Waals surface area contributed by atoms with Gasteiger partial charge in [0.15, 0.2) is 0 Å². The molecule has 0 saturated carbocycles. The number of halogens is 3. The normalized spacial score (nSPS) is 11.7. The van der Waals surface area contributed by atoms with E-state index in [2.05, 4.69) is 4.98 Å². The number of ether oxygens (including phenoxy) is 1. The van der Waals surface area contributed by atoms with Crippen molar-refractivity contribution in [2.24, 2.45) is 0 Å². The number of anilines is 1. The first-order valence-corrected chi connectivity index (χ1v) is 5.80. The van der Waals surface area contributed by atoms with Gasteiger partial charge in [-0.15, -0.1) is 0 Å². The van der Waals surface area contributed by atoms with Crippen LogP contribution in [0.4, 0.5) is 18.9 Å². The fourth-order valence-corrected chi connectivity index (χ4v) is 1.66. The molecule has 2 aromatic rings. The largest absolute Gasteiger partial charge is 0.478 e. The summed E-state index contributed by atoms with van der Waals surface area (Å²) in [5.41, 5.74) is 6.96. The predicted molar refractivity (Wildman–Crippen MR) is 66.9 cm³/mol. The number of alkyl halides is 3. The summed E-state index contributed by atoms with van der Waals surface area (Å²) in [5.74, 6) is 0.319. The maximum atomic E-state index is 11.9. The second-order valence-electron chi connectivity index (χ2n) is 4.17. The molecule has 0 unspecified atom stereocenters. The summed E-state index contributed by atoms with van der Waals surface area (Å²) in [6.07, 6.45) is -5.07. The zero-order valence-corrected chi connectivity index (χ0v) is 10.1. The molecule has 0 fully saturated rings. The number of rotatable bonds is 4. The quantitative estimate of drug-likeness (QED) is 0.682. The summed E-state index contributed by atoms with van der Waals surface area (Å²) < 4.78 is 41.0. The molecule has 0 radical (unpaired) electrons. The van der Waals surface area contributed by atoms with Gasteiger partial charge in [-0.25, -0.2) is 4.98 Å². The number of pyridine rings is 1. The van der Waals surface area contributed by atoms with Gasteiger partial charge in [-0.1, -0.05) is 0 Å². The molecule has 1 heterocycles. The van der Waals surface area contributed by atoms with Crippen molar-refractivity contribution in [3.8, 4) is 5.88 Å². The standard InChI is InChI=1S/C13H13F3N2O/c14-13(15,16)6-1-7-19-12-5-2-9-8-10(17)3-4-11(9)18-12/h2-5,8H,1,6-7,17H2. The van der Waals surface area contributed by atoms with Gasteiger partial charge in [-0.05, 0) is 30.7 Å². The summed E-state index contributed by atoms with van der Waals surface area (Å²) in [4.78, 5) is 4.19. The molecule has 1 aromatic heterocycles. The molecule has 2 rings (SSSR count). The Morgan fingerprint density at radius 2 is 1.95 bits per heavy atom. The molecule has 0 bridgehead atoms. The number of nitrogens with zero attached hydrogens (tertiary/aromatic N) is 1. The lowest BCUT2D eigenvalue weighted by Crippen LogP contribution is -2.10. The fraction of sp³-hybridized carbons (Fsp3) is 0.308. The van der Waals surface area contributed by atoms with Gasteiger partial charge in [0.2, 0.25) is 5.88 Å². The first kappa shape index (κ1) is 13.5. The molecule has 6 heteroatoms. The van der Waals surface area contributed by atoms with E-state index in [9.17, 15) is 13.2 Å². The molecular weight excluding hydrogens is 257 g/mol. The van der Waals surface area contributed by atoms with E-state index >= 15 is 0 Å². The number of hydrogen-bond acceptors (Lipinski definition) is 3. The van der Waals surface area contributed by atoms with Crippen LogP contribution in [0, 0.1) is 0 Å². The number of fused-ring (bicyclic) bond motifs is 1. The Morgan fingerprint density at radius 1 is 1.16 bits per heavy atom. The topological polar surface area (TPSA) is 48.1 Å². The van der Waals surface area contributed by atoms with Crippen LogP contribution in [0.25, 0.3) is 10.9 Å². The van der Waals surface area contributed by atoms with Gasteiger partial charge in [0, 0.05) is 23.6 Å². The summed E-state index contributed by atoms with van der Waals surface area (Å²) >= 11 is 0. The Hall–Kier alpha value is -1.98. The highest BCUT2D eigenvalue weighted by atomic mass is 19.4. The third-order valence-electron chi connectivity index (χ3n) is 2.54. The van der Waals surface area contributed by atoms with Crippen LogP contribution in [0.5, 0.6) is 5.88 Å². The van der Waals surface area contributed by atoms with Crippen molar-refractivity contribution in [1.29, 1.82) is 0 Å². The van der Waals surface area contributed by atoms with E-state index < -0.39 is 12.6 Å². The van der Waals surface area contributed by atoms with Crippen molar-refractivity contribution in [2.45, 2.75) is 19.0 Å². The maximum Gasteiger partial charge on any atom is 0.389 e. The molecule has 0 spiro atoms. The highest BCUT2D eigenvalue weighted by molar-refractivity contribution is 5.82. The number of benzene rings is 1. The van der Waals surface area contributed by atoms with Crippen molar-refractivity contribution < 1.29 is 17.9 Å². The molecule has 0 aliphatic rings. The minimum atomic E-state index is -4.14. The Morgan fingerprint density at radius 3 is 2.68 bits per heavy atom. The monoisotopic (exact) mass is 270 g/mol. The number of hydrogen-bond donors (Lipinski definition) is 1. The summed E-state index contributed by atoms with van der Waals surface area (Å²) in [6.45, 7) is -0.00696. The van der Waals surface area contributed by atoms with Crippen LogP contribution >= 0.6 is 0 Å². The van der Waals surface area contributed by atoms with Crippen molar-refractivity contribution in [3.05, 3.63) is 30.3 Å². The van der Waals surface area contributed by atoms with Gasteiger partial charge in [-0.3, -0.25) is 0 Å². The molecule has 1 aromatic carbocycles. The zero-order chi connectivity index (χ0) is 13.9. The van der Waals surface area contributed by atoms with E-state index in [1.165, 1.54) is 0 Å². The van der Waals surface area contributed by atoms with E-state index in [0.29, 0.717) is 17.1 Å². The van der Waals surface area contributed by atoms with Crippen LogP contribution < -0.4 is 10.5 Å². The Kier molecular flexibility index (Phi) is 3.78. The molecule has 3 nitrogen and oxygen atoms in total. The van der Waals surface area contributed by atoms with Crippen molar-refractivity contribution in [3.63, 3.8) is 0 Å². The minimum Gasteiger partial charge on any atom is -0.478 e. The van der Waals surface area contributed by atoms with E-state index in [0.717, 1.165) is 5.39 Å². The average Bonchev–Trinajstić information content (AvgIpc) is 2.33. The molecule has 0 aliphatic carbocycles. The molecule has 0 saturated heterocycles. The first-order chi connectivity index (χ1) is 8.94. The smallest absolute Gasteiger partial charge is 0.389 e. The Bertz CT molecular complexity index is 569. The van der Waals surface area contributed by atoms with Gasteiger partial charge in [0.25, 0.3) is 0 Å². The van der Waals surface area contributed by atoms with Gasteiger partial charge in [0.1, 0.15) is 0 Å². The van der Waals surface area contributed by atoms with Crippen molar-refractivity contribution in [1.82, 2.24) is 4.98 Å². The van der Waals surface area contributed by atoms with Crippen molar-refractivity contribution in [2.75, 3.05) is 12.3 Å². The molecule has 102 valence electrons. The maximum absolute atomic E-state index is 11.9. The number of nitrogens with two attached hydrogens (primary N) is 1. The van der Waals surface area contributed by atoms with Crippen LogP contribution in [0.2, 0.25) is 0 Å². The lowest BCUT2D eigenvalue weighted by molar-refractivity contribution is -0.136. The second kappa shape index (κ2) is 5.34. The number of aromatic nitrogens is 1. The molecule has 0 atom stereocenters. The minimum absolute atomic E-state index is 0.00696. The van der Waals surface area contributed by atoms with Gasteiger partial charge in [-0.2, -0.15) is 13.2 Å². The zero-order valence-electron chi connectivity index (χ0n) is 10.1. The lowest BCUT2D eigenvalue weighted by Gasteiger charge is -2.08. The van der Waals surface area contributed by atoms with Crippen LogP contribution in [0.3, 0.4) is 0 Å². The predicted octanol–water partition coefficient (Wildman–Crippen LogP) is 3.54. The lowest BCUT2D eigenvalue weighted by atomic mass is 10.2. The number of nitrogen functional groups attached to an aromatic ring is 1. The van der Waals surface area contributed by atoms with E-state index in [-0.39, 0.29) is 13.0 Å². The van der Waals surface area contributed by atoms with Crippen molar-refractivity contribution >= 4 is 16.6 Å². The Balaban J connectivity index is 1.96. The molecule has 0 amide bonds. The van der Waals surface area contributed by atoms with E-state index in [1.807, 2.05) is 0 Å². The Labute approximate surface area is 108 Å². The molecule has 19 heavy (non-hydrogen) atoms. The molecular formula is C13H13F3N2O. The second-order valence-corrected chi connectivity index (χ2v) is 4.17. The molecule has 0 aliphatic heterocycles. The van der Waals surface area contributed by atoms with Crippen LogP contribution in [0.15, 0.2) is 30.3 Å². The van der Waals surface area contributed by atoms with Gasteiger partial charge in [0.05, 0.1) is 12.1 Å². The highest BCUT2D eigenvalue weighted by Gasteiger charge is 2.26. The van der Waals surface area contributed by atoms with Gasteiger partial charge < -0.3 is 10.5 Å². The van der Waals surface area contributed by atoms with Crippen LogP contribution in [-0.4, -0.2) is 17.8 Å². The highest BCUT2D eigenvalue weighted by Crippen LogP contribution is 2.22. The molecule has 2 N–H and O–H groups in total. The van der Waals surface area contributed by atoms with E-state index in [1.54, 1.807) is 30.3 Å². The first-order valence-electron chi connectivity index (χ1n) is 5.80. The summed E-state index contributed by atoms with van der Waals surface area (Å²) in [5, 5.41) is 0.864. The summed E-state index contributed by atoms with van der Waals surface area (Å²) in [7, 11) is 0. The van der Waals surface area contributed by atoms with E-state index in [4.69, 9.17) is 10.5 Å². The fourth-order valence-electron chi connectivity index (χ4n) is 1.66. The van der Waals surface area contributed by atoms with Crippen LogP contribution in [-0.2, 0) is 0 Å². The SMILES string of the molecule is Nc1ccc2nc(OCCCC(F)(F)F)ccc2c1. The summed E-state index contributed by atoms with van der Waals surface area (Å²) in [6, 6.07) is 8.62. The van der Waals surface area contributed by atoms with Gasteiger partial charge >= 0.3 is 6.18 Å². The van der Waals surface area contributed by atoms with Crippen LogP contribution in [0.1, 0.15) is 12.8 Å². The third kappa shape index (κ3) is 4.01. The average molecular weight is 270 g/mol. The third-order valence-corrected chi connectivity index (χ3v) is 2.54.